The lowest BCUT2D eigenvalue weighted by atomic mass is 9.53. The van der Waals surface area contributed by atoms with E-state index in [1.165, 1.54) is 31.4 Å². The zero-order valence-corrected chi connectivity index (χ0v) is 23.3. The molecular formula is C31H29F3N2O7. The number of benzene rings is 3. The van der Waals surface area contributed by atoms with Crippen LogP contribution in [0, 0.1) is 38.4 Å². The van der Waals surface area contributed by atoms with Gasteiger partial charge in [0.15, 0.2) is 17.4 Å². The zero-order valence-electron chi connectivity index (χ0n) is 23.3. The predicted octanol–water partition coefficient (Wildman–Crippen LogP) is 6.28. The van der Waals surface area contributed by atoms with Gasteiger partial charge in [-0.15, -0.1) is 0 Å². The van der Waals surface area contributed by atoms with E-state index in [9.17, 15) is 32.9 Å². The molecule has 3 aromatic rings. The molecule has 0 saturated heterocycles. The first-order valence-corrected chi connectivity index (χ1v) is 13.7. The van der Waals surface area contributed by atoms with E-state index in [1.54, 1.807) is 24.3 Å². The van der Waals surface area contributed by atoms with Gasteiger partial charge in [0.1, 0.15) is 18.1 Å². The fourth-order valence-corrected chi connectivity index (χ4v) is 5.80. The smallest absolute Gasteiger partial charge is 0.317 e. The number of carbonyl (C=O) groups is 2. The number of nitro groups is 1. The van der Waals surface area contributed by atoms with Gasteiger partial charge in [0.25, 0.3) is 11.6 Å². The van der Waals surface area contributed by atoms with E-state index in [2.05, 4.69) is 5.32 Å². The predicted molar refractivity (Wildman–Crippen MR) is 147 cm³/mol. The topological polar surface area (TPSA) is 117 Å². The second-order valence-corrected chi connectivity index (χ2v) is 11.1. The third-order valence-electron chi connectivity index (χ3n) is 8.62. The number of non-ortho nitro benzene ring substituents is 1. The molecule has 3 saturated carbocycles. The van der Waals surface area contributed by atoms with Crippen molar-refractivity contribution in [3.05, 3.63) is 93.3 Å². The summed E-state index contributed by atoms with van der Waals surface area (Å²) in [6.45, 7) is -0.0774. The van der Waals surface area contributed by atoms with Gasteiger partial charge in [0.2, 0.25) is 5.82 Å². The summed E-state index contributed by atoms with van der Waals surface area (Å²) >= 11 is 0. The summed E-state index contributed by atoms with van der Waals surface area (Å²) in [5.41, 5.74) is -1.35. The standard InChI is InChI=1S/C31H29F3N2O7/c1-41-21-6-2-19(3-7-21)17-42-27-24(32)16-23(25(33)26(27)34)28(37)35-18-30-10-13-31(14-11-30,15-12-30)29(38)43-22-8-4-20(5-9-22)36(39)40/h2-9,16H,10-15,17-18H2,1H3,(H,35,37)/t30-,31+. The highest BCUT2D eigenvalue weighted by molar-refractivity contribution is 5.94. The van der Waals surface area contributed by atoms with E-state index in [0.29, 0.717) is 55.9 Å². The molecule has 3 aliphatic rings. The lowest BCUT2D eigenvalue weighted by Crippen LogP contribution is -2.51. The summed E-state index contributed by atoms with van der Waals surface area (Å²) in [7, 11) is 1.50. The minimum atomic E-state index is -1.59. The number of carbonyl (C=O) groups excluding carboxylic acids is 2. The minimum absolute atomic E-state index is 0.112. The summed E-state index contributed by atoms with van der Waals surface area (Å²) in [6.07, 6.45) is 3.29. The van der Waals surface area contributed by atoms with Gasteiger partial charge >= 0.3 is 5.97 Å². The Bertz CT molecular complexity index is 1520. The second-order valence-electron chi connectivity index (χ2n) is 11.1. The summed E-state index contributed by atoms with van der Waals surface area (Å²) < 4.78 is 60.1. The van der Waals surface area contributed by atoms with Gasteiger partial charge in [0.05, 0.1) is 23.0 Å². The highest BCUT2D eigenvalue weighted by atomic mass is 19.2. The Morgan fingerprint density at radius 1 is 0.907 bits per heavy atom. The van der Waals surface area contributed by atoms with Crippen molar-refractivity contribution < 1.29 is 41.9 Å². The zero-order chi connectivity index (χ0) is 30.8. The Morgan fingerprint density at radius 3 is 2.09 bits per heavy atom. The number of hydrogen-bond acceptors (Lipinski definition) is 7. The lowest BCUT2D eigenvalue weighted by molar-refractivity contribution is -0.384. The highest BCUT2D eigenvalue weighted by Crippen LogP contribution is 2.57. The van der Waals surface area contributed by atoms with Gasteiger partial charge in [-0.1, -0.05) is 12.1 Å². The Balaban J connectivity index is 1.17. The maximum Gasteiger partial charge on any atom is 0.317 e. The quantitative estimate of drug-likeness (QED) is 0.0960. The van der Waals surface area contributed by atoms with Gasteiger partial charge < -0.3 is 19.5 Å². The molecule has 6 rings (SSSR count). The Hall–Kier alpha value is -4.61. The third-order valence-corrected chi connectivity index (χ3v) is 8.62. The van der Waals surface area contributed by atoms with Crippen molar-refractivity contribution in [3.63, 3.8) is 0 Å². The van der Waals surface area contributed by atoms with Crippen molar-refractivity contribution in [2.75, 3.05) is 13.7 Å². The number of methoxy groups -OCH3 is 1. The first kappa shape index (κ1) is 29.9. The van der Waals surface area contributed by atoms with Crippen LogP contribution < -0.4 is 19.5 Å². The maximum atomic E-state index is 14.9. The number of ether oxygens (including phenoxy) is 3. The molecule has 9 nitrogen and oxygen atoms in total. The van der Waals surface area contributed by atoms with Gasteiger partial charge in [-0.25, -0.2) is 8.78 Å². The molecular weight excluding hydrogens is 569 g/mol. The van der Waals surface area contributed by atoms with Crippen molar-refractivity contribution in [1.82, 2.24) is 5.32 Å². The molecule has 3 fully saturated rings. The van der Waals surface area contributed by atoms with Crippen LogP contribution in [-0.4, -0.2) is 30.5 Å². The van der Waals surface area contributed by atoms with Gasteiger partial charge in [0, 0.05) is 18.7 Å². The first-order chi connectivity index (χ1) is 20.5. The van der Waals surface area contributed by atoms with Gasteiger partial charge in [-0.3, -0.25) is 19.7 Å². The van der Waals surface area contributed by atoms with E-state index >= 15 is 0 Å². The van der Waals surface area contributed by atoms with E-state index in [4.69, 9.17) is 14.2 Å². The first-order valence-electron chi connectivity index (χ1n) is 13.7. The summed E-state index contributed by atoms with van der Waals surface area (Å²) in [6, 6.07) is 12.5. The number of nitrogens with zero attached hydrogens (tertiary/aromatic N) is 1. The molecule has 0 atom stereocenters. The number of amides is 1. The number of halogens is 3. The van der Waals surface area contributed by atoms with Crippen LogP contribution in [0.15, 0.2) is 54.6 Å². The van der Waals surface area contributed by atoms with Crippen LogP contribution in [0.4, 0.5) is 18.9 Å². The average Bonchev–Trinajstić information content (AvgIpc) is 3.03. The minimum Gasteiger partial charge on any atom is -0.497 e. The monoisotopic (exact) mass is 598 g/mol. The summed E-state index contributed by atoms with van der Waals surface area (Å²) in [4.78, 5) is 36.2. The van der Waals surface area contributed by atoms with Gasteiger partial charge in [-0.2, -0.15) is 4.39 Å². The Labute approximate surface area is 245 Å². The number of fused-ring (bicyclic) bond motifs is 3. The maximum absolute atomic E-state index is 14.9. The van der Waals surface area contributed by atoms with Crippen molar-refractivity contribution in [2.24, 2.45) is 10.8 Å². The van der Waals surface area contributed by atoms with E-state index < -0.39 is 51.0 Å². The molecule has 2 bridgehead atoms. The normalized spacial score (nSPS) is 20.7. The summed E-state index contributed by atoms with van der Waals surface area (Å²) in [5, 5.41) is 13.5. The number of nitro benzene ring substituents is 1. The van der Waals surface area contributed by atoms with Crippen LogP contribution in [0.5, 0.6) is 17.2 Å². The molecule has 226 valence electrons. The van der Waals surface area contributed by atoms with Crippen molar-refractivity contribution in [2.45, 2.75) is 45.1 Å². The number of esters is 1. The van der Waals surface area contributed by atoms with E-state index in [0.717, 1.165) is 0 Å². The number of hydrogen-bond donors (Lipinski definition) is 1. The molecule has 0 aromatic heterocycles. The SMILES string of the molecule is COc1ccc(COc2c(F)cc(C(=O)NC[C@]34CC[C@](C(=O)Oc5ccc([N+](=O)[O-])cc5)(CC3)CC4)c(F)c2F)cc1. The highest BCUT2D eigenvalue weighted by Gasteiger charge is 2.53. The van der Waals surface area contributed by atoms with Crippen molar-refractivity contribution in [3.8, 4) is 17.2 Å². The largest absolute Gasteiger partial charge is 0.497 e. The molecule has 0 radical (unpaired) electrons. The fraction of sp³-hybridized carbons (Fsp3) is 0.355. The summed E-state index contributed by atoms with van der Waals surface area (Å²) in [5.74, 6) is -5.78. The molecule has 0 heterocycles. The van der Waals surface area contributed by atoms with Crippen molar-refractivity contribution in [1.29, 1.82) is 0 Å². The Morgan fingerprint density at radius 2 is 1.51 bits per heavy atom. The van der Waals surface area contributed by atoms with Gasteiger partial charge in [-0.05, 0) is 79.8 Å². The molecule has 0 unspecified atom stereocenters. The Kier molecular flexibility index (Phi) is 8.30. The molecule has 1 N–H and O–H groups in total. The second kappa shape index (κ2) is 11.9. The fourth-order valence-electron chi connectivity index (χ4n) is 5.80. The number of rotatable bonds is 10. The third kappa shape index (κ3) is 6.13. The van der Waals surface area contributed by atoms with Crippen LogP contribution in [0.2, 0.25) is 0 Å². The van der Waals surface area contributed by atoms with Crippen LogP contribution in [0.1, 0.15) is 54.4 Å². The molecule has 3 aliphatic carbocycles. The van der Waals surface area contributed by atoms with Crippen LogP contribution in [0.3, 0.4) is 0 Å². The molecule has 43 heavy (non-hydrogen) atoms. The van der Waals surface area contributed by atoms with Crippen LogP contribution in [0.25, 0.3) is 0 Å². The van der Waals surface area contributed by atoms with E-state index in [1.807, 2.05) is 0 Å². The molecule has 0 spiro atoms. The van der Waals surface area contributed by atoms with E-state index in [-0.39, 0.29) is 30.0 Å². The molecule has 0 aliphatic heterocycles. The van der Waals surface area contributed by atoms with Crippen LogP contribution >= 0.6 is 0 Å². The molecule has 3 aromatic carbocycles. The molecule has 12 heteroatoms. The molecule has 1 amide bonds. The lowest BCUT2D eigenvalue weighted by Gasteiger charge is -2.51. The average molecular weight is 599 g/mol. The van der Waals surface area contributed by atoms with Crippen LogP contribution in [-0.2, 0) is 11.4 Å². The van der Waals surface area contributed by atoms with Crippen molar-refractivity contribution >= 4 is 17.6 Å². The number of nitrogens with one attached hydrogen (secondary N) is 1.